The molecule has 1 aromatic carbocycles. The summed E-state index contributed by atoms with van der Waals surface area (Å²) >= 11 is 1.77. The number of rotatable bonds is 6. The molecule has 0 fully saturated rings. The van der Waals surface area contributed by atoms with E-state index in [1.54, 1.807) is 11.3 Å². The monoisotopic (exact) mass is 270 g/mol. The van der Waals surface area contributed by atoms with E-state index in [1.807, 2.05) is 30.3 Å². The number of hydrogen-bond donors (Lipinski definition) is 1. The smallest absolute Gasteiger partial charge is 0.0837 e. The van der Waals surface area contributed by atoms with Crippen molar-refractivity contribution in [3.05, 3.63) is 58.3 Å². The molecule has 2 unspecified atom stereocenters. The standard InChI is InChI=1S/C16H18N2S/c1-2-15(16-9-6-10-19-16)18-12-14(11-17)13-7-4-3-5-8-13/h3-10,14-15,18H,2,12H2,1H3. The fourth-order valence-corrected chi connectivity index (χ4v) is 3.00. The van der Waals surface area contributed by atoms with Gasteiger partial charge in [0.2, 0.25) is 0 Å². The minimum Gasteiger partial charge on any atom is -0.308 e. The molecule has 1 heterocycles. The van der Waals surface area contributed by atoms with E-state index in [4.69, 9.17) is 0 Å². The highest BCUT2D eigenvalue weighted by Gasteiger charge is 2.14. The van der Waals surface area contributed by atoms with E-state index < -0.39 is 0 Å². The molecule has 1 aromatic heterocycles. The van der Waals surface area contributed by atoms with Crippen molar-refractivity contribution in [1.29, 1.82) is 5.26 Å². The second-order valence-electron chi connectivity index (χ2n) is 4.48. The van der Waals surface area contributed by atoms with E-state index in [0.717, 1.165) is 12.0 Å². The summed E-state index contributed by atoms with van der Waals surface area (Å²) in [5, 5.41) is 14.9. The van der Waals surface area contributed by atoms with Crippen molar-refractivity contribution in [2.45, 2.75) is 25.3 Å². The Labute approximate surface area is 118 Å². The SMILES string of the molecule is CCC(NCC(C#N)c1ccccc1)c1cccs1. The first-order valence-electron chi connectivity index (χ1n) is 6.56. The third kappa shape index (κ3) is 3.66. The number of nitrogens with one attached hydrogen (secondary N) is 1. The van der Waals surface area contributed by atoms with Crippen molar-refractivity contribution >= 4 is 11.3 Å². The van der Waals surface area contributed by atoms with Gasteiger partial charge in [0.15, 0.2) is 0 Å². The van der Waals surface area contributed by atoms with Crippen molar-refractivity contribution in [1.82, 2.24) is 5.32 Å². The summed E-state index contributed by atoms with van der Waals surface area (Å²) in [6.45, 7) is 2.86. The zero-order valence-electron chi connectivity index (χ0n) is 11.0. The first kappa shape index (κ1) is 13.8. The van der Waals surface area contributed by atoms with Crippen LogP contribution < -0.4 is 5.32 Å². The molecule has 0 aliphatic heterocycles. The predicted molar refractivity (Wildman–Crippen MR) is 80.1 cm³/mol. The summed E-state index contributed by atoms with van der Waals surface area (Å²) in [4.78, 5) is 1.34. The van der Waals surface area contributed by atoms with Crippen molar-refractivity contribution in [2.24, 2.45) is 0 Å². The molecule has 2 nitrogen and oxygen atoms in total. The third-order valence-corrected chi connectivity index (χ3v) is 4.21. The Hall–Kier alpha value is -1.63. The largest absolute Gasteiger partial charge is 0.308 e. The Morgan fingerprint density at radius 1 is 1.21 bits per heavy atom. The van der Waals surface area contributed by atoms with Gasteiger partial charge in [-0.1, -0.05) is 43.3 Å². The Balaban J connectivity index is 1.98. The fraction of sp³-hybridized carbons (Fsp3) is 0.312. The van der Waals surface area contributed by atoms with Crippen LogP contribution in [0, 0.1) is 11.3 Å². The van der Waals surface area contributed by atoms with Crippen molar-refractivity contribution < 1.29 is 0 Å². The van der Waals surface area contributed by atoms with Crippen molar-refractivity contribution in [2.75, 3.05) is 6.54 Å². The number of benzene rings is 1. The van der Waals surface area contributed by atoms with Gasteiger partial charge in [-0.25, -0.2) is 0 Å². The topological polar surface area (TPSA) is 35.8 Å². The van der Waals surface area contributed by atoms with Gasteiger partial charge in [0, 0.05) is 17.5 Å². The summed E-state index contributed by atoms with van der Waals surface area (Å²) in [5.74, 6) is -0.0878. The van der Waals surface area contributed by atoms with Gasteiger partial charge in [0.1, 0.15) is 0 Å². The van der Waals surface area contributed by atoms with Crippen LogP contribution in [0.1, 0.15) is 35.7 Å². The van der Waals surface area contributed by atoms with E-state index >= 15 is 0 Å². The van der Waals surface area contributed by atoms with Crippen molar-refractivity contribution in [3.8, 4) is 6.07 Å². The summed E-state index contributed by atoms with van der Waals surface area (Å²) in [7, 11) is 0. The highest BCUT2D eigenvalue weighted by Crippen LogP contribution is 2.23. The fourth-order valence-electron chi connectivity index (χ4n) is 2.12. The lowest BCUT2D eigenvalue weighted by Crippen LogP contribution is -2.25. The molecule has 1 N–H and O–H groups in total. The normalized spacial score (nSPS) is 13.7. The van der Waals surface area contributed by atoms with Crippen LogP contribution in [0.3, 0.4) is 0 Å². The lowest BCUT2D eigenvalue weighted by Gasteiger charge is -2.18. The second kappa shape index (κ2) is 7.08. The minimum absolute atomic E-state index is 0.0878. The van der Waals surface area contributed by atoms with E-state index in [9.17, 15) is 5.26 Å². The van der Waals surface area contributed by atoms with Crippen LogP contribution in [0.25, 0.3) is 0 Å². The highest BCUT2D eigenvalue weighted by atomic mass is 32.1. The van der Waals surface area contributed by atoms with Crippen LogP contribution in [0.2, 0.25) is 0 Å². The number of nitrogens with zero attached hydrogens (tertiary/aromatic N) is 1. The molecule has 0 aliphatic carbocycles. The molecule has 0 amide bonds. The van der Waals surface area contributed by atoms with Gasteiger partial charge in [-0.3, -0.25) is 0 Å². The molecule has 0 radical (unpaired) electrons. The van der Waals surface area contributed by atoms with Crippen LogP contribution in [-0.4, -0.2) is 6.54 Å². The molecule has 2 aromatic rings. The number of nitriles is 1. The van der Waals surface area contributed by atoms with Crippen LogP contribution in [0.5, 0.6) is 0 Å². The molecule has 0 bridgehead atoms. The first-order valence-corrected chi connectivity index (χ1v) is 7.44. The second-order valence-corrected chi connectivity index (χ2v) is 5.46. The molecule has 3 heteroatoms. The summed E-state index contributed by atoms with van der Waals surface area (Å²) in [5.41, 5.74) is 1.08. The summed E-state index contributed by atoms with van der Waals surface area (Å²) in [6.07, 6.45) is 1.04. The van der Waals surface area contributed by atoms with Crippen LogP contribution in [0.4, 0.5) is 0 Å². The quantitative estimate of drug-likeness (QED) is 0.858. The molecular weight excluding hydrogens is 252 g/mol. The molecule has 0 saturated carbocycles. The summed E-state index contributed by atoms with van der Waals surface area (Å²) < 4.78 is 0. The highest BCUT2D eigenvalue weighted by molar-refractivity contribution is 7.10. The Bertz CT molecular complexity index is 513. The lowest BCUT2D eigenvalue weighted by atomic mass is 10.00. The maximum absolute atomic E-state index is 9.31. The predicted octanol–water partition coefficient (Wildman–Crippen LogP) is 4.10. The molecule has 0 spiro atoms. The van der Waals surface area contributed by atoms with Gasteiger partial charge >= 0.3 is 0 Å². The molecule has 0 aliphatic rings. The van der Waals surface area contributed by atoms with E-state index in [2.05, 4.69) is 35.8 Å². The first-order chi connectivity index (χ1) is 9.35. The average molecular weight is 270 g/mol. The van der Waals surface area contributed by atoms with Crippen LogP contribution >= 0.6 is 11.3 Å². The Kier molecular flexibility index (Phi) is 5.14. The van der Waals surface area contributed by atoms with Gasteiger partial charge in [-0.05, 0) is 23.4 Å². The zero-order valence-corrected chi connectivity index (χ0v) is 11.9. The maximum atomic E-state index is 9.31. The van der Waals surface area contributed by atoms with Crippen LogP contribution in [0.15, 0.2) is 47.8 Å². The molecule has 0 saturated heterocycles. The average Bonchev–Trinajstić information content (AvgIpc) is 2.99. The number of thiophene rings is 1. The lowest BCUT2D eigenvalue weighted by molar-refractivity contribution is 0.516. The molecule has 19 heavy (non-hydrogen) atoms. The van der Waals surface area contributed by atoms with Crippen LogP contribution in [-0.2, 0) is 0 Å². The maximum Gasteiger partial charge on any atom is 0.0837 e. The van der Waals surface area contributed by atoms with E-state index in [0.29, 0.717) is 12.6 Å². The van der Waals surface area contributed by atoms with Gasteiger partial charge in [-0.15, -0.1) is 11.3 Å². The van der Waals surface area contributed by atoms with Gasteiger partial charge in [0.25, 0.3) is 0 Å². The zero-order chi connectivity index (χ0) is 13.5. The molecular formula is C16H18N2S. The molecule has 98 valence electrons. The van der Waals surface area contributed by atoms with Gasteiger partial charge in [0.05, 0.1) is 12.0 Å². The van der Waals surface area contributed by atoms with E-state index in [-0.39, 0.29) is 5.92 Å². The minimum atomic E-state index is -0.0878. The number of hydrogen-bond acceptors (Lipinski definition) is 3. The molecule has 2 rings (SSSR count). The Morgan fingerprint density at radius 3 is 2.58 bits per heavy atom. The van der Waals surface area contributed by atoms with Gasteiger partial charge < -0.3 is 5.32 Å². The Morgan fingerprint density at radius 2 is 2.00 bits per heavy atom. The van der Waals surface area contributed by atoms with Crippen molar-refractivity contribution in [3.63, 3.8) is 0 Å². The summed E-state index contributed by atoms with van der Waals surface area (Å²) in [6, 6.07) is 16.9. The van der Waals surface area contributed by atoms with E-state index in [1.165, 1.54) is 4.88 Å². The van der Waals surface area contributed by atoms with Gasteiger partial charge in [-0.2, -0.15) is 5.26 Å². The molecule has 2 atom stereocenters. The third-order valence-electron chi connectivity index (χ3n) is 3.22.